The number of thiol groups is 3. The van der Waals surface area contributed by atoms with E-state index in [0.29, 0.717) is 5.56 Å². The maximum Gasteiger partial charge on any atom is 0.573 e. The number of halogens is 4. The second-order valence-electron chi connectivity index (χ2n) is 9.39. The molecule has 3 aromatic rings. The first kappa shape index (κ1) is 31.6. The van der Waals surface area contributed by atoms with Crippen LogP contribution in [0.1, 0.15) is 64.4 Å². The van der Waals surface area contributed by atoms with Crippen molar-refractivity contribution in [3.8, 4) is 23.0 Å². The molecule has 15 heteroatoms. The van der Waals surface area contributed by atoms with Gasteiger partial charge in [-0.15, -0.1) is 51.1 Å². The molecule has 1 aliphatic carbocycles. The highest BCUT2D eigenvalue weighted by molar-refractivity contribution is 8.16. The Labute approximate surface area is 254 Å². The molecule has 0 atom stereocenters. The molecule has 1 heterocycles. The van der Waals surface area contributed by atoms with Gasteiger partial charge in [0.25, 0.3) is 11.8 Å². The molecule has 8 nitrogen and oxygen atoms in total. The lowest BCUT2D eigenvalue weighted by Crippen LogP contribution is -2.19. The third-order valence-electron chi connectivity index (χ3n) is 6.27. The Bertz CT molecular complexity index is 1480. The second-order valence-corrected chi connectivity index (χ2v) is 12.3. The molecule has 1 fully saturated rings. The summed E-state index contributed by atoms with van der Waals surface area (Å²) in [6.07, 6.45) is 0.788. The molecular weight excluding hydrogens is 619 g/mol. The molecule has 3 N–H and O–H groups in total. The van der Waals surface area contributed by atoms with Crippen molar-refractivity contribution in [1.82, 2.24) is 4.98 Å². The molecule has 1 aliphatic rings. The van der Waals surface area contributed by atoms with Crippen molar-refractivity contribution < 1.29 is 41.4 Å². The molecule has 0 aliphatic heterocycles. The quantitative estimate of drug-likeness (QED) is 0.0967. The number of nitrogens with one attached hydrogen (secondary N) is 1. The molecule has 1 saturated carbocycles. The van der Waals surface area contributed by atoms with Crippen molar-refractivity contribution in [1.29, 1.82) is 0 Å². The number of alkyl halides is 3. The number of benzene rings is 2. The fraction of sp³-hybridized carbons (Fsp3) is 0.296. The summed E-state index contributed by atoms with van der Waals surface area (Å²) in [5.74, 6) is -4.11. The van der Waals surface area contributed by atoms with Crippen molar-refractivity contribution in [3.63, 3.8) is 0 Å². The molecule has 1 aromatic heterocycles. The largest absolute Gasteiger partial charge is 0.573 e. The van der Waals surface area contributed by atoms with Gasteiger partial charge in [0.1, 0.15) is 28.6 Å². The Kier molecular flexibility index (Phi) is 9.73. The number of aromatic nitrogens is 1. The molecule has 0 saturated heterocycles. The van der Waals surface area contributed by atoms with E-state index in [9.17, 15) is 22.8 Å². The zero-order valence-corrected chi connectivity index (χ0v) is 24.3. The highest BCUT2D eigenvalue weighted by Crippen LogP contribution is 2.43. The molecule has 224 valence electrons. The van der Waals surface area contributed by atoms with Gasteiger partial charge in [-0.2, -0.15) is 0 Å². The topological polar surface area (TPSA) is 113 Å². The SMILES string of the molecule is NC(=O)c1cc(NC(=O)c2c(F)cc(C3CCCCC3)cc2Oc2ccc(OC(F)(F)F)cc2OC(S)(S)S)ccn1. The van der Waals surface area contributed by atoms with Gasteiger partial charge < -0.3 is 25.3 Å². The first-order valence-corrected chi connectivity index (χ1v) is 13.9. The van der Waals surface area contributed by atoms with Crippen LogP contribution < -0.4 is 25.3 Å². The number of carbonyl (C=O) groups excluding carboxylic acids is 2. The molecule has 0 bridgehead atoms. The number of nitrogens with zero attached hydrogens (tertiary/aromatic N) is 1. The van der Waals surface area contributed by atoms with Crippen LogP contribution in [0.4, 0.5) is 23.2 Å². The highest BCUT2D eigenvalue weighted by Gasteiger charge is 2.32. The van der Waals surface area contributed by atoms with Gasteiger partial charge in [-0.1, -0.05) is 19.3 Å². The minimum atomic E-state index is -5.00. The molecule has 2 aromatic carbocycles. The molecule has 0 radical (unpaired) electrons. The van der Waals surface area contributed by atoms with Gasteiger partial charge in [-0.25, -0.2) is 4.39 Å². The van der Waals surface area contributed by atoms with E-state index in [1.54, 1.807) is 0 Å². The number of rotatable bonds is 9. The summed E-state index contributed by atoms with van der Waals surface area (Å²) < 4.78 is 67.9. The van der Waals surface area contributed by atoms with Gasteiger partial charge in [0.05, 0.1) is 0 Å². The summed E-state index contributed by atoms with van der Waals surface area (Å²) in [6.45, 7) is 0. The molecule has 2 amide bonds. The number of carbonyl (C=O) groups is 2. The van der Waals surface area contributed by atoms with Crippen LogP contribution in [0.3, 0.4) is 0 Å². The normalized spacial score (nSPS) is 14.3. The van der Waals surface area contributed by atoms with Gasteiger partial charge in [-0.05, 0) is 60.7 Å². The fourth-order valence-corrected chi connectivity index (χ4v) is 4.82. The first-order chi connectivity index (χ1) is 19.7. The predicted octanol–water partition coefficient (Wildman–Crippen LogP) is 7.09. The summed E-state index contributed by atoms with van der Waals surface area (Å²) >= 11 is 12.1. The molecule has 42 heavy (non-hydrogen) atoms. The van der Waals surface area contributed by atoms with E-state index in [0.717, 1.165) is 50.3 Å². The van der Waals surface area contributed by atoms with Gasteiger partial charge in [-0.3, -0.25) is 14.6 Å². The van der Waals surface area contributed by atoms with E-state index in [1.165, 1.54) is 30.5 Å². The number of hydrogen-bond donors (Lipinski definition) is 5. The van der Waals surface area contributed by atoms with E-state index in [-0.39, 0.29) is 34.5 Å². The third-order valence-corrected chi connectivity index (χ3v) is 6.54. The zero-order chi connectivity index (χ0) is 30.7. The van der Waals surface area contributed by atoms with Crippen molar-refractivity contribution in [2.75, 3.05) is 5.32 Å². The van der Waals surface area contributed by atoms with Crippen molar-refractivity contribution in [3.05, 3.63) is 71.3 Å². The summed E-state index contributed by atoms with van der Waals surface area (Å²) in [5.41, 5.74) is 5.31. The van der Waals surface area contributed by atoms with E-state index in [4.69, 9.17) is 15.2 Å². The van der Waals surface area contributed by atoms with Crippen LogP contribution in [0, 0.1) is 5.82 Å². The van der Waals surface area contributed by atoms with E-state index in [2.05, 4.69) is 52.9 Å². The monoisotopic (exact) mass is 643 g/mol. The van der Waals surface area contributed by atoms with Crippen LogP contribution >= 0.6 is 37.9 Å². The second kappa shape index (κ2) is 12.9. The number of hydrogen-bond acceptors (Lipinski definition) is 9. The minimum absolute atomic E-state index is 0.00397. The van der Waals surface area contributed by atoms with Crippen LogP contribution in [0.15, 0.2) is 48.7 Å². The van der Waals surface area contributed by atoms with Crippen LogP contribution in [-0.2, 0) is 0 Å². The summed E-state index contributed by atoms with van der Waals surface area (Å²) in [7, 11) is 0. The van der Waals surface area contributed by atoms with Gasteiger partial charge in [0, 0.05) is 18.0 Å². The van der Waals surface area contributed by atoms with E-state index < -0.39 is 38.9 Å². The van der Waals surface area contributed by atoms with Crippen LogP contribution in [-0.4, -0.2) is 26.8 Å². The van der Waals surface area contributed by atoms with Crippen molar-refractivity contribution >= 4 is 55.4 Å². The summed E-state index contributed by atoms with van der Waals surface area (Å²) in [4.78, 5) is 28.7. The Morgan fingerprint density at radius 2 is 1.64 bits per heavy atom. The predicted molar refractivity (Wildman–Crippen MR) is 156 cm³/mol. The van der Waals surface area contributed by atoms with Crippen LogP contribution in [0.5, 0.6) is 23.0 Å². The Balaban J connectivity index is 1.77. The van der Waals surface area contributed by atoms with Gasteiger partial charge in [0.2, 0.25) is 3.60 Å². The lowest BCUT2D eigenvalue weighted by molar-refractivity contribution is -0.274. The van der Waals surface area contributed by atoms with Crippen LogP contribution in [0.2, 0.25) is 0 Å². The highest BCUT2D eigenvalue weighted by atomic mass is 32.2. The molecule has 0 unspecified atom stereocenters. The maximum atomic E-state index is 15.7. The Morgan fingerprint density at radius 3 is 2.29 bits per heavy atom. The standard InChI is InChI=1S/C27H25F4N3O5S3/c28-18-10-15(14-4-2-1-3-5-14)11-22(23(18)25(36)34-16-8-9-33-19(12-16)24(32)35)37-20-7-6-17(38-26(29,30)31)13-21(20)39-27(40,41)42/h6-14,40-42H,1-5H2,(H2,32,35)(H,33,34,36). The third kappa shape index (κ3) is 8.61. The maximum absolute atomic E-state index is 15.7. The van der Waals surface area contributed by atoms with Crippen molar-refractivity contribution in [2.45, 2.75) is 48.0 Å². The van der Waals surface area contributed by atoms with Gasteiger partial charge in [0.15, 0.2) is 11.5 Å². The zero-order valence-electron chi connectivity index (χ0n) is 21.7. The number of nitrogens with two attached hydrogens (primary N) is 1. The average Bonchev–Trinajstić information content (AvgIpc) is 2.88. The molecular formula is C27H25F4N3O5S3. The summed E-state index contributed by atoms with van der Waals surface area (Å²) in [6, 6.07) is 8.26. The van der Waals surface area contributed by atoms with E-state index >= 15 is 4.39 Å². The van der Waals surface area contributed by atoms with E-state index in [1.807, 2.05) is 0 Å². The van der Waals surface area contributed by atoms with Gasteiger partial charge >= 0.3 is 6.36 Å². The number of ether oxygens (including phenoxy) is 3. The Hall–Kier alpha value is -3.30. The number of pyridine rings is 1. The lowest BCUT2D eigenvalue weighted by atomic mass is 9.83. The number of amides is 2. The minimum Gasteiger partial charge on any atom is -0.455 e. The lowest BCUT2D eigenvalue weighted by Gasteiger charge is -2.24. The average molecular weight is 644 g/mol. The molecule has 0 spiro atoms. The smallest absolute Gasteiger partial charge is 0.455 e. The number of primary amides is 1. The molecule has 4 rings (SSSR count). The van der Waals surface area contributed by atoms with Crippen molar-refractivity contribution in [2.24, 2.45) is 5.73 Å². The van der Waals surface area contributed by atoms with Crippen LogP contribution in [0.25, 0.3) is 0 Å². The Morgan fingerprint density at radius 1 is 0.929 bits per heavy atom. The summed E-state index contributed by atoms with van der Waals surface area (Å²) in [5, 5.41) is 2.49. The number of anilines is 1. The fourth-order valence-electron chi connectivity index (χ4n) is 4.53. The first-order valence-electron chi connectivity index (χ1n) is 12.5.